The summed E-state index contributed by atoms with van der Waals surface area (Å²) in [7, 11) is 0. The minimum Gasteiger partial charge on any atom is -0.0840 e. The monoisotopic (exact) mass is 137 g/mol. The van der Waals surface area contributed by atoms with Crippen LogP contribution in [0.1, 0.15) is 11.1 Å². The number of rotatable bonds is 0. The lowest BCUT2D eigenvalue weighted by atomic mass is 9.97. The highest BCUT2D eigenvalue weighted by Crippen LogP contribution is 2.26. The number of fused-ring (bicyclic) bond motifs is 3. The first-order valence-electron chi connectivity index (χ1n) is 2.98. The minimum absolute atomic E-state index is 0.888. The summed E-state index contributed by atoms with van der Waals surface area (Å²) < 4.78 is 0. The quantitative estimate of drug-likeness (QED) is 0.515. The molecule has 0 amide bonds. The summed E-state index contributed by atoms with van der Waals surface area (Å²) >= 11 is 5.83. The number of hydrogen-bond acceptors (Lipinski definition) is 0. The lowest BCUT2D eigenvalue weighted by Crippen LogP contribution is -1.97. The maximum Gasteiger partial charge on any atom is 0.0443 e. The second-order valence-corrected chi connectivity index (χ2v) is 2.67. The number of benzene rings is 1. The normalized spacial score (nSPS) is 14.3. The van der Waals surface area contributed by atoms with E-state index < -0.39 is 0 Å². The molecule has 2 aliphatic carbocycles. The maximum absolute atomic E-state index is 5.83. The van der Waals surface area contributed by atoms with Crippen LogP contribution in [0.4, 0.5) is 0 Å². The standard InChI is InChI=1S/C8H6Cl/c9-8-5-6-1-3-7(8)4-2-6/h1,3-5H,2H2. The molecular formula is C8H6Cl. The van der Waals surface area contributed by atoms with Gasteiger partial charge in [0.1, 0.15) is 0 Å². The molecule has 0 aromatic heterocycles. The summed E-state index contributed by atoms with van der Waals surface area (Å²) in [5.74, 6) is 0. The summed E-state index contributed by atoms with van der Waals surface area (Å²) in [6.07, 6.45) is 3.21. The van der Waals surface area contributed by atoms with Crippen molar-refractivity contribution in [2.24, 2.45) is 0 Å². The third kappa shape index (κ3) is 0.744. The van der Waals surface area contributed by atoms with Crippen LogP contribution in [-0.4, -0.2) is 0 Å². The van der Waals surface area contributed by atoms with Gasteiger partial charge in [0.15, 0.2) is 0 Å². The third-order valence-corrected chi connectivity index (χ3v) is 1.95. The molecule has 2 aliphatic rings. The molecular weight excluding hydrogens is 132 g/mol. The first-order chi connectivity index (χ1) is 4.36. The van der Waals surface area contributed by atoms with Gasteiger partial charge in [-0.25, -0.2) is 0 Å². The molecule has 0 nitrogen and oxygen atoms in total. The van der Waals surface area contributed by atoms with E-state index in [4.69, 9.17) is 11.6 Å². The predicted octanol–water partition coefficient (Wildman–Crippen LogP) is 2.45. The van der Waals surface area contributed by atoms with Crippen LogP contribution in [0.2, 0.25) is 5.02 Å². The molecule has 9 heavy (non-hydrogen) atoms. The molecule has 0 aliphatic heterocycles. The van der Waals surface area contributed by atoms with Crippen molar-refractivity contribution < 1.29 is 0 Å². The Bertz CT molecular complexity index is 240. The lowest BCUT2D eigenvalue weighted by molar-refractivity contribution is 1.12. The Labute approximate surface area is 59.5 Å². The first-order valence-corrected chi connectivity index (χ1v) is 3.36. The Kier molecular flexibility index (Phi) is 1.03. The predicted molar refractivity (Wildman–Crippen MR) is 38.6 cm³/mol. The van der Waals surface area contributed by atoms with Crippen LogP contribution in [-0.2, 0) is 6.42 Å². The van der Waals surface area contributed by atoms with Crippen molar-refractivity contribution in [3.63, 3.8) is 0 Å². The largest absolute Gasteiger partial charge is 0.0840 e. The van der Waals surface area contributed by atoms with Gasteiger partial charge in [-0.15, -0.1) is 0 Å². The highest BCUT2D eigenvalue weighted by Gasteiger charge is 2.08. The molecule has 1 radical (unpaired) electrons. The zero-order valence-corrected chi connectivity index (χ0v) is 5.65. The van der Waals surface area contributed by atoms with E-state index >= 15 is 0 Å². The van der Waals surface area contributed by atoms with Crippen molar-refractivity contribution in [2.75, 3.05) is 0 Å². The Morgan fingerprint density at radius 3 is 2.44 bits per heavy atom. The molecule has 0 N–H and O–H groups in total. The van der Waals surface area contributed by atoms with Crippen molar-refractivity contribution in [3.05, 3.63) is 40.8 Å². The Morgan fingerprint density at radius 1 is 1.33 bits per heavy atom. The van der Waals surface area contributed by atoms with Crippen LogP contribution in [0.3, 0.4) is 0 Å². The third-order valence-electron chi connectivity index (χ3n) is 1.62. The number of hydrogen-bond donors (Lipinski definition) is 0. The van der Waals surface area contributed by atoms with Crippen LogP contribution in [0.25, 0.3) is 0 Å². The van der Waals surface area contributed by atoms with Crippen LogP contribution >= 0.6 is 11.6 Å². The molecule has 0 heterocycles. The van der Waals surface area contributed by atoms with E-state index in [9.17, 15) is 0 Å². The summed E-state index contributed by atoms with van der Waals surface area (Å²) in [5.41, 5.74) is 2.49. The van der Waals surface area contributed by atoms with E-state index in [-0.39, 0.29) is 0 Å². The number of halogens is 1. The van der Waals surface area contributed by atoms with Crippen molar-refractivity contribution >= 4 is 11.6 Å². The van der Waals surface area contributed by atoms with Gasteiger partial charge < -0.3 is 0 Å². The first kappa shape index (κ1) is 5.31. The molecule has 3 rings (SSSR count). The van der Waals surface area contributed by atoms with Crippen LogP contribution in [0.15, 0.2) is 18.2 Å². The van der Waals surface area contributed by atoms with Crippen LogP contribution in [0, 0.1) is 6.42 Å². The van der Waals surface area contributed by atoms with Gasteiger partial charge in [-0.1, -0.05) is 23.7 Å². The molecule has 1 heteroatoms. The second kappa shape index (κ2) is 1.74. The van der Waals surface area contributed by atoms with Gasteiger partial charge in [0.05, 0.1) is 0 Å². The molecule has 0 atom stereocenters. The fourth-order valence-electron chi connectivity index (χ4n) is 1.09. The average molecular weight is 138 g/mol. The van der Waals surface area contributed by atoms with Gasteiger partial charge in [0, 0.05) is 5.02 Å². The Hall–Kier alpha value is -0.490. The average Bonchev–Trinajstić information content (AvgIpc) is 1.90. The molecule has 0 fully saturated rings. The van der Waals surface area contributed by atoms with Gasteiger partial charge in [-0.05, 0) is 30.0 Å². The molecule has 1 aromatic carbocycles. The second-order valence-electron chi connectivity index (χ2n) is 2.26. The molecule has 0 saturated heterocycles. The van der Waals surface area contributed by atoms with Gasteiger partial charge in [-0.2, -0.15) is 0 Å². The highest BCUT2D eigenvalue weighted by atomic mass is 35.5. The molecule has 1 aromatic rings. The summed E-state index contributed by atoms with van der Waals surface area (Å²) in [6.45, 7) is 0. The molecule has 0 unspecified atom stereocenters. The van der Waals surface area contributed by atoms with Crippen molar-refractivity contribution in [3.8, 4) is 0 Å². The fourth-order valence-corrected chi connectivity index (χ4v) is 1.37. The Balaban J connectivity index is 2.70. The van der Waals surface area contributed by atoms with Gasteiger partial charge >= 0.3 is 0 Å². The fraction of sp³-hybridized carbons (Fsp3) is 0.125. The highest BCUT2D eigenvalue weighted by molar-refractivity contribution is 6.31. The molecule has 0 spiro atoms. The van der Waals surface area contributed by atoms with E-state index in [2.05, 4.69) is 18.6 Å². The Morgan fingerprint density at radius 2 is 2.22 bits per heavy atom. The summed E-state index contributed by atoms with van der Waals surface area (Å²) in [6, 6.07) is 6.19. The van der Waals surface area contributed by atoms with Crippen molar-refractivity contribution in [2.45, 2.75) is 6.42 Å². The van der Waals surface area contributed by atoms with Gasteiger partial charge in [-0.3, -0.25) is 0 Å². The van der Waals surface area contributed by atoms with E-state index in [1.807, 2.05) is 6.07 Å². The molecule has 45 valence electrons. The van der Waals surface area contributed by atoms with Gasteiger partial charge in [0.2, 0.25) is 0 Å². The SMILES string of the molecule is Clc1cc2ccc1[CH]C2. The van der Waals surface area contributed by atoms with E-state index in [1.165, 1.54) is 11.1 Å². The minimum atomic E-state index is 0.888. The van der Waals surface area contributed by atoms with Crippen molar-refractivity contribution in [1.29, 1.82) is 0 Å². The van der Waals surface area contributed by atoms with Crippen LogP contribution in [0.5, 0.6) is 0 Å². The van der Waals surface area contributed by atoms with Crippen molar-refractivity contribution in [1.82, 2.24) is 0 Å². The van der Waals surface area contributed by atoms with E-state index in [1.54, 1.807) is 0 Å². The lowest BCUT2D eigenvalue weighted by Gasteiger charge is -2.12. The van der Waals surface area contributed by atoms with Gasteiger partial charge in [0.25, 0.3) is 0 Å². The maximum atomic E-state index is 5.83. The smallest absolute Gasteiger partial charge is 0.0443 e. The topological polar surface area (TPSA) is 0 Å². The zero-order chi connectivity index (χ0) is 6.27. The summed E-state index contributed by atoms with van der Waals surface area (Å²) in [5, 5.41) is 0.888. The van der Waals surface area contributed by atoms with Crippen LogP contribution < -0.4 is 0 Å². The molecule has 2 bridgehead atoms. The van der Waals surface area contributed by atoms with E-state index in [0.29, 0.717) is 0 Å². The zero-order valence-electron chi connectivity index (χ0n) is 4.89. The molecule has 0 saturated carbocycles. The van der Waals surface area contributed by atoms with E-state index in [0.717, 1.165) is 11.4 Å². The summed E-state index contributed by atoms with van der Waals surface area (Å²) in [4.78, 5) is 0.